The minimum Gasteiger partial charge on any atom is -0.478 e. The fourth-order valence-electron chi connectivity index (χ4n) is 4.56. The monoisotopic (exact) mass is 437 g/mol. The quantitative estimate of drug-likeness (QED) is 0.466. The molecule has 0 bridgehead atoms. The summed E-state index contributed by atoms with van der Waals surface area (Å²) in [5, 5.41) is 3.06. The minimum absolute atomic E-state index is 0.0743. The summed E-state index contributed by atoms with van der Waals surface area (Å²) in [6.07, 6.45) is 2.09. The van der Waals surface area contributed by atoms with Crippen LogP contribution in [0.3, 0.4) is 0 Å². The SMILES string of the molecule is CCC(C)(CP(c1c(C)cccc1C)c1c(C)cccc1C)C1=NC(C(C)(C)C)CO1. The summed E-state index contributed by atoms with van der Waals surface area (Å²) in [6.45, 7) is 21.2. The fraction of sp³-hybridized carbons (Fsp3) is 0.536. The van der Waals surface area contributed by atoms with Crippen molar-refractivity contribution in [2.45, 2.75) is 74.8 Å². The van der Waals surface area contributed by atoms with E-state index in [0.717, 1.165) is 18.5 Å². The Morgan fingerprint density at radius 2 is 1.32 bits per heavy atom. The first-order valence-corrected chi connectivity index (χ1v) is 13.1. The fourth-order valence-corrected chi connectivity index (χ4v) is 8.16. The molecule has 2 nitrogen and oxygen atoms in total. The lowest BCUT2D eigenvalue weighted by Gasteiger charge is -2.35. The normalized spacial score (nSPS) is 18.6. The van der Waals surface area contributed by atoms with Crippen LogP contribution < -0.4 is 10.6 Å². The number of nitrogens with zero attached hydrogens (tertiary/aromatic N) is 1. The van der Waals surface area contributed by atoms with Gasteiger partial charge in [0.15, 0.2) is 5.90 Å². The number of aryl methyl sites for hydroxylation is 4. The Morgan fingerprint density at radius 1 is 0.871 bits per heavy atom. The summed E-state index contributed by atoms with van der Waals surface area (Å²) in [5.41, 5.74) is 5.64. The second-order valence-electron chi connectivity index (χ2n) is 10.6. The molecule has 3 heteroatoms. The molecule has 0 N–H and O–H groups in total. The molecule has 31 heavy (non-hydrogen) atoms. The van der Waals surface area contributed by atoms with Gasteiger partial charge < -0.3 is 4.74 Å². The van der Waals surface area contributed by atoms with E-state index in [0.29, 0.717) is 6.61 Å². The van der Waals surface area contributed by atoms with Crippen molar-refractivity contribution in [2.75, 3.05) is 12.8 Å². The summed E-state index contributed by atoms with van der Waals surface area (Å²) in [4.78, 5) is 5.14. The van der Waals surface area contributed by atoms with Gasteiger partial charge in [-0.3, -0.25) is 0 Å². The molecule has 0 radical (unpaired) electrons. The predicted octanol–water partition coefficient (Wildman–Crippen LogP) is 6.61. The maximum absolute atomic E-state index is 6.30. The van der Waals surface area contributed by atoms with E-state index in [4.69, 9.17) is 9.73 Å². The third-order valence-electron chi connectivity index (χ3n) is 6.87. The first kappa shape index (κ1) is 24.0. The van der Waals surface area contributed by atoms with Gasteiger partial charge in [0.2, 0.25) is 0 Å². The van der Waals surface area contributed by atoms with Crippen molar-refractivity contribution < 1.29 is 4.74 Å². The lowest BCUT2D eigenvalue weighted by atomic mass is 9.87. The van der Waals surface area contributed by atoms with Crippen molar-refractivity contribution in [3.63, 3.8) is 0 Å². The molecule has 2 unspecified atom stereocenters. The van der Waals surface area contributed by atoms with Crippen LogP contribution in [0.4, 0.5) is 0 Å². The van der Waals surface area contributed by atoms with Gasteiger partial charge in [-0.25, -0.2) is 4.99 Å². The molecular weight excluding hydrogens is 397 g/mol. The highest BCUT2D eigenvalue weighted by Crippen LogP contribution is 2.47. The van der Waals surface area contributed by atoms with E-state index >= 15 is 0 Å². The molecule has 2 atom stereocenters. The molecule has 2 aromatic rings. The van der Waals surface area contributed by atoms with Crippen molar-refractivity contribution >= 4 is 24.4 Å². The minimum atomic E-state index is -0.547. The van der Waals surface area contributed by atoms with Gasteiger partial charge in [-0.15, -0.1) is 0 Å². The van der Waals surface area contributed by atoms with Gasteiger partial charge in [-0.1, -0.05) is 71.0 Å². The standard InChI is InChI=1S/C28H40NOP/c1-10-28(9,26-29-23(17-30-26)27(6,7)8)18-31(24-19(2)13-11-14-20(24)3)25-21(4)15-12-16-22(25)5/h11-16,23H,10,17-18H2,1-9H3. The molecule has 0 saturated carbocycles. The maximum atomic E-state index is 6.30. The summed E-state index contributed by atoms with van der Waals surface area (Å²) in [6, 6.07) is 13.7. The van der Waals surface area contributed by atoms with E-state index in [-0.39, 0.29) is 16.9 Å². The largest absolute Gasteiger partial charge is 0.478 e. The zero-order valence-electron chi connectivity index (χ0n) is 21.0. The second kappa shape index (κ2) is 9.07. The molecule has 0 aliphatic carbocycles. The number of ether oxygens (including phenoxy) is 1. The average Bonchev–Trinajstić information content (AvgIpc) is 3.19. The van der Waals surface area contributed by atoms with Crippen molar-refractivity contribution in [2.24, 2.45) is 15.8 Å². The predicted molar refractivity (Wildman–Crippen MR) is 138 cm³/mol. The number of hydrogen-bond donors (Lipinski definition) is 0. The van der Waals surface area contributed by atoms with Crippen LogP contribution in [0.15, 0.2) is 41.4 Å². The van der Waals surface area contributed by atoms with Gasteiger partial charge in [-0.05, 0) is 86.5 Å². The lowest BCUT2D eigenvalue weighted by Crippen LogP contribution is -2.35. The van der Waals surface area contributed by atoms with Crippen LogP contribution >= 0.6 is 7.92 Å². The van der Waals surface area contributed by atoms with Crippen LogP contribution in [0.2, 0.25) is 0 Å². The van der Waals surface area contributed by atoms with Crippen LogP contribution in [0.25, 0.3) is 0 Å². The summed E-state index contributed by atoms with van der Waals surface area (Å²) < 4.78 is 6.30. The van der Waals surface area contributed by atoms with E-state index in [1.54, 1.807) is 0 Å². The Balaban J connectivity index is 2.12. The molecule has 0 spiro atoms. The van der Waals surface area contributed by atoms with Gasteiger partial charge in [0.1, 0.15) is 6.61 Å². The van der Waals surface area contributed by atoms with Gasteiger partial charge in [0, 0.05) is 5.41 Å². The first-order chi connectivity index (χ1) is 14.5. The maximum Gasteiger partial charge on any atom is 0.190 e. The molecule has 1 aliphatic heterocycles. The van der Waals surface area contributed by atoms with Gasteiger partial charge in [0.25, 0.3) is 0 Å². The zero-order valence-corrected chi connectivity index (χ0v) is 21.9. The Morgan fingerprint density at radius 3 is 1.68 bits per heavy atom. The Bertz CT molecular complexity index is 879. The summed E-state index contributed by atoms with van der Waals surface area (Å²) >= 11 is 0. The van der Waals surface area contributed by atoms with Gasteiger partial charge in [0.05, 0.1) is 6.04 Å². The summed E-state index contributed by atoms with van der Waals surface area (Å²) in [7, 11) is -0.547. The summed E-state index contributed by atoms with van der Waals surface area (Å²) in [5.74, 6) is 0.972. The molecule has 2 aromatic carbocycles. The molecule has 0 aromatic heterocycles. The second-order valence-corrected chi connectivity index (χ2v) is 12.7. The molecular formula is C28H40NOP. The first-order valence-electron chi connectivity index (χ1n) is 11.6. The number of rotatable bonds is 6. The van der Waals surface area contributed by atoms with Crippen LogP contribution in [-0.4, -0.2) is 24.7 Å². The van der Waals surface area contributed by atoms with Crippen molar-refractivity contribution in [3.05, 3.63) is 58.7 Å². The smallest absolute Gasteiger partial charge is 0.190 e. The number of benzene rings is 2. The molecule has 0 saturated heterocycles. The molecule has 168 valence electrons. The highest BCUT2D eigenvalue weighted by atomic mass is 31.1. The van der Waals surface area contributed by atoms with Crippen LogP contribution in [0, 0.1) is 38.5 Å². The molecule has 1 aliphatic rings. The zero-order chi connectivity index (χ0) is 23.0. The van der Waals surface area contributed by atoms with E-state index in [1.807, 2.05) is 0 Å². The molecule has 0 amide bonds. The average molecular weight is 438 g/mol. The highest BCUT2D eigenvalue weighted by Gasteiger charge is 2.41. The van der Waals surface area contributed by atoms with Crippen LogP contribution in [0.1, 0.15) is 63.3 Å². The van der Waals surface area contributed by atoms with Gasteiger partial charge >= 0.3 is 0 Å². The Hall–Kier alpha value is -1.66. The lowest BCUT2D eigenvalue weighted by molar-refractivity contribution is 0.220. The topological polar surface area (TPSA) is 21.6 Å². The van der Waals surface area contributed by atoms with E-state index in [2.05, 4.69) is 98.7 Å². The van der Waals surface area contributed by atoms with Crippen LogP contribution in [0.5, 0.6) is 0 Å². The van der Waals surface area contributed by atoms with E-state index in [9.17, 15) is 0 Å². The molecule has 3 rings (SSSR count). The van der Waals surface area contributed by atoms with Gasteiger partial charge in [-0.2, -0.15) is 0 Å². The number of aliphatic imine (C=N–C) groups is 1. The third kappa shape index (κ3) is 4.90. The van der Waals surface area contributed by atoms with Crippen molar-refractivity contribution in [1.82, 2.24) is 0 Å². The molecule has 0 fully saturated rings. The van der Waals surface area contributed by atoms with Crippen LogP contribution in [-0.2, 0) is 4.74 Å². The van der Waals surface area contributed by atoms with Crippen molar-refractivity contribution in [1.29, 1.82) is 0 Å². The third-order valence-corrected chi connectivity index (χ3v) is 10.4. The van der Waals surface area contributed by atoms with E-state index < -0.39 is 7.92 Å². The highest BCUT2D eigenvalue weighted by molar-refractivity contribution is 7.73. The molecule has 1 heterocycles. The van der Waals surface area contributed by atoms with E-state index in [1.165, 1.54) is 32.9 Å². The number of hydrogen-bond acceptors (Lipinski definition) is 2. The Kier molecular flexibility index (Phi) is 7.02. The Labute approximate surface area is 191 Å². The van der Waals surface area contributed by atoms with Crippen molar-refractivity contribution in [3.8, 4) is 0 Å².